The number of nitrogens with two attached hydrogens (primary N) is 1. The van der Waals surface area contributed by atoms with Gasteiger partial charge in [0.05, 0.1) is 6.54 Å². The van der Waals surface area contributed by atoms with Gasteiger partial charge < -0.3 is 15.8 Å². The summed E-state index contributed by atoms with van der Waals surface area (Å²) in [5.74, 6) is 0.777. The number of rotatable bonds is 5. The average molecular weight is 236 g/mol. The molecule has 16 heavy (non-hydrogen) atoms. The van der Waals surface area contributed by atoms with E-state index < -0.39 is 0 Å². The molecule has 84 valence electrons. The molecule has 2 aromatic rings. The molecule has 0 fully saturated rings. The van der Waals surface area contributed by atoms with Crippen molar-refractivity contribution in [1.82, 2.24) is 10.2 Å². The van der Waals surface area contributed by atoms with Crippen LogP contribution in [0.15, 0.2) is 29.8 Å². The van der Waals surface area contributed by atoms with E-state index in [1.54, 1.807) is 11.6 Å². The molecular weight excluding hydrogens is 224 g/mol. The first-order valence-electron chi connectivity index (χ1n) is 4.83. The first-order chi connectivity index (χ1) is 7.84. The molecule has 6 heteroatoms. The van der Waals surface area contributed by atoms with Crippen molar-refractivity contribution in [1.29, 1.82) is 0 Å². The Morgan fingerprint density at radius 2 is 2.38 bits per heavy atom. The lowest BCUT2D eigenvalue weighted by Crippen LogP contribution is -2.11. The standard InChI is InChI=1S/C10H12N4OS/c11-8-2-1-3-9(6-8)15-5-4-12-10-14-13-7-16-10/h1-3,6-7H,4-5,11H2,(H,12,14). The minimum Gasteiger partial charge on any atom is -0.492 e. The van der Waals surface area contributed by atoms with Crippen LogP contribution in [0.25, 0.3) is 0 Å². The van der Waals surface area contributed by atoms with Gasteiger partial charge in [-0.05, 0) is 12.1 Å². The maximum atomic E-state index is 5.63. The number of benzene rings is 1. The topological polar surface area (TPSA) is 73.1 Å². The van der Waals surface area contributed by atoms with Crippen molar-refractivity contribution in [3.63, 3.8) is 0 Å². The predicted octanol–water partition coefficient (Wildman–Crippen LogP) is 1.61. The highest BCUT2D eigenvalue weighted by Gasteiger charge is 1.96. The zero-order valence-corrected chi connectivity index (χ0v) is 9.41. The third-order valence-electron chi connectivity index (χ3n) is 1.87. The van der Waals surface area contributed by atoms with Crippen LogP contribution in [0.3, 0.4) is 0 Å². The van der Waals surface area contributed by atoms with Crippen LogP contribution >= 0.6 is 11.3 Å². The molecule has 3 N–H and O–H groups in total. The van der Waals surface area contributed by atoms with Gasteiger partial charge >= 0.3 is 0 Å². The Hall–Kier alpha value is -1.82. The van der Waals surface area contributed by atoms with E-state index in [2.05, 4.69) is 15.5 Å². The van der Waals surface area contributed by atoms with Crippen LogP contribution in [-0.2, 0) is 0 Å². The number of hydrogen-bond acceptors (Lipinski definition) is 6. The number of ether oxygens (including phenoxy) is 1. The number of nitrogen functional groups attached to an aromatic ring is 1. The zero-order chi connectivity index (χ0) is 11.2. The van der Waals surface area contributed by atoms with Crippen LogP contribution in [0.1, 0.15) is 0 Å². The van der Waals surface area contributed by atoms with Gasteiger partial charge in [0, 0.05) is 11.8 Å². The largest absolute Gasteiger partial charge is 0.492 e. The molecule has 0 radical (unpaired) electrons. The molecule has 0 saturated heterocycles. The van der Waals surface area contributed by atoms with Gasteiger partial charge in [0.1, 0.15) is 17.9 Å². The van der Waals surface area contributed by atoms with Crippen LogP contribution in [-0.4, -0.2) is 23.3 Å². The monoisotopic (exact) mass is 236 g/mol. The lowest BCUT2D eigenvalue weighted by Gasteiger charge is -2.06. The van der Waals surface area contributed by atoms with Gasteiger partial charge in [-0.25, -0.2) is 0 Å². The lowest BCUT2D eigenvalue weighted by atomic mass is 10.3. The van der Waals surface area contributed by atoms with Crippen molar-refractivity contribution in [2.45, 2.75) is 0 Å². The Labute approximate surface area is 97.3 Å². The molecule has 0 atom stereocenters. The summed E-state index contributed by atoms with van der Waals surface area (Å²) in [4.78, 5) is 0. The van der Waals surface area contributed by atoms with Gasteiger partial charge in [-0.2, -0.15) is 0 Å². The maximum Gasteiger partial charge on any atom is 0.205 e. The van der Waals surface area contributed by atoms with Crippen LogP contribution in [0.4, 0.5) is 10.8 Å². The number of hydrogen-bond donors (Lipinski definition) is 2. The summed E-state index contributed by atoms with van der Waals surface area (Å²) < 4.78 is 5.50. The second kappa shape index (κ2) is 5.32. The number of aromatic nitrogens is 2. The van der Waals surface area contributed by atoms with Crippen LogP contribution in [0.5, 0.6) is 5.75 Å². The fourth-order valence-electron chi connectivity index (χ4n) is 1.18. The van der Waals surface area contributed by atoms with Gasteiger partial charge in [-0.1, -0.05) is 17.4 Å². The van der Waals surface area contributed by atoms with Gasteiger partial charge in [-0.3, -0.25) is 0 Å². The molecule has 0 amide bonds. The average Bonchev–Trinajstić information content (AvgIpc) is 2.77. The summed E-state index contributed by atoms with van der Waals surface area (Å²) in [5, 5.41) is 11.5. The van der Waals surface area contributed by atoms with Gasteiger partial charge in [0.25, 0.3) is 0 Å². The molecule has 1 aromatic carbocycles. The molecule has 1 heterocycles. The second-order valence-corrected chi connectivity index (χ2v) is 3.92. The number of nitrogens with zero attached hydrogens (tertiary/aromatic N) is 2. The molecule has 1 aromatic heterocycles. The summed E-state index contributed by atoms with van der Waals surface area (Å²) in [6.07, 6.45) is 0. The van der Waals surface area contributed by atoms with Crippen molar-refractivity contribution < 1.29 is 4.74 Å². The van der Waals surface area contributed by atoms with E-state index in [1.165, 1.54) is 11.3 Å². The maximum absolute atomic E-state index is 5.63. The highest BCUT2D eigenvalue weighted by molar-refractivity contribution is 7.13. The van der Waals surface area contributed by atoms with E-state index in [4.69, 9.17) is 10.5 Å². The molecule has 0 bridgehead atoms. The van der Waals surface area contributed by atoms with Crippen LogP contribution in [0, 0.1) is 0 Å². The lowest BCUT2D eigenvalue weighted by molar-refractivity contribution is 0.333. The molecule has 0 aliphatic heterocycles. The van der Waals surface area contributed by atoms with E-state index in [0.29, 0.717) is 18.8 Å². The first kappa shape index (κ1) is 10.7. The Kier molecular flexibility index (Phi) is 3.55. The Bertz CT molecular complexity index is 432. The molecule has 0 unspecified atom stereocenters. The fraction of sp³-hybridized carbons (Fsp3) is 0.200. The van der Waals surface area contributed by atoms with Crippen molar-refractivity contribution in [3.05, 3.63) is 29.8 Å². The van der Waals surface area contributed by atoms with E-state index >= 15 is 0 Å². The quantitative estimate of drug-likeness (QED) is 0.609. The Balaban J connectivity index is 1.72. The summed E-state index contributed by atoms with van der Waals surface area (Å²) in [5.41, 5.74) is 8.01. The minimum absolute atomic E-state index is 0.559. The molecule has 0 aliphatic rings. The molecule has 0 saturated carbocycles. The van der Waals surface area contributed by atoms with E-state index in [0.717, 1.165) is 10.9 Å². The first-order valence-corrected chi connectivity index (χ1v) is 5.71. The van der Waals surface area contributed by atoms with Crippen molar-refractivity contribution in [3.8, 4) is 5.75 Å². The third kappa shape index (κ3) is 3.09. The van der Waals surface area contributed by atoms with Crippen molar-refractivity contribution in [2.75, 3.05) is 24.2 Å². The summed E-state index contributed by atoms with van der Waals surface area (Å²) in [7, 11) is 0. The van der Waals surface area contributed by atoms with Crippen LogP contribution < -0.4 is 15.8 Å². The SMILES string of the molecule is Nc1cccc(OCCNc2nncs2)c1. The van der Waals surface area contributed by atoms with Gasteiger partial charge in [0.15, 0.2) is 0 Å². The van der Waals surface area contributed by atoms with Crippen molar-refractivity contribution in [2.24, 2.45) is 0 Å². The van der Waals surface area contributed by atoms with Crippen LogP contribution in [0.2, 0.25) is 0 Å². The molecule has 2 rings (SSSR count). The molecule has 0 spiro atoms. The highest BCUT2D eigenvalue weighted by atomic mass is 32.1. The smallest absolute Gasteiger partial charge is 0.205 e. The minimum atomic E-state index is 0.559. The normalized spacial score (nSPS) is 10.0. The Morgan fingerprint density at radius 3 is 3.12 bits per heavy atom. The van der Waals surface area contributed by atoms with Gasteiger partial charge in [0.2, 0.25) is 5.13 Å². The number of nitrogens with one attached hydrogen (secondary N) is 1. The predicted molar refractivity (Wildman–Crippen MR) is 64.7 cm³/mol. The van der Waals surface area contributed by atoms with E-state index in [1.807, 2.05) is 18.2 Å². The number of anilines is 2. The molecule has 0 aliphatic carbocycles. The van der Waals surface area contributed by atoms with E-state index in [9.17, 15) is 0 Å². The summed E-state index contributed by atoms with van der Waals surface area (Å²) in [6.45, 7) is 1.24. The summed E-state index contributed by atoms with van der Waals surface area (Å²) in [6, 6.07) is 7.36. The van der Waals surface area contributed by atoms with Crippen molar-refractivity contribution >= 4 is 22.2 Å². The third-order valence-corrected chi connectivity index (χ3v) is 2.51. The molecular formula is C10H12N4OS. The van der Waals surface area contributed by atoms with Gasteiger partial charge in [-0.15, -0.1) is 10.2 Å². The van der Waals surface area contributed by atoms with E-state index in [-0.39, 0.29) is 0 Å². The highest BCUT2D eigenvalue weighted by Crippen LogP contribution is 2.14. The zero-order valence-electron chi connectivity index (χ0n) is 8.59. The molecule has 5 nitrogen and oxygen atoms in total. The summed E-state index contributed by atoms with van der Waals surface area (Å²) >= 11 is 1.46. The fourth-order valence-corrected chi connectivity index (χ4v) is 1.66. The second-order valence-electron chi connectivity index (χ2n) is 3.09. The Morgan fingerprint density at radius 1 is 1.44 bits per heavy atom.